The third kappa shape index (κ3) is 2.47. The van der Waals surface area contributed by atoms with Crippen LogP contribution in [0, 0.1) is 6.92 Å². The molecule has 1 rings (SSSR count). The SMILES string of the molecule is CCOc1cc(C)ccc1C(N)CN. The van der Waals surface area contributed by atoms with E-state index in [0.29, 0.717) is 13.2 Å². The minimum Gasteiger partial charge on any atom is -0.494 e. The van der Waals surface area contributed by atoms with Gasteiger partial charge in [0.2, 0.25) is 0 Å². The maximum atomic E-state index is 5.87. The minimum atomic E-state index is -0.142. The summed E-state index contributed by atoms with van der Waals surface area (Å²) < 4.78 is 5.51. The average Bonchev–Trinajstić information content (AvgIpc) is 2.17. The zero-order valence-electron chi connectivity index (χ0n) is 8.79. The Morgan fingerprint density at radius 3 is 2.71 bits per heavy atom. The maximum Gasteiger partial charge on any atom is 0.124 e. The van der Waals surface area contributed by atoms with Gasteiger partial charge >= 0.3 is 0 Å². The van der Waals surface area contributed by atoms with Crippen molar-refractivity contribution in [1.29, 1.82) is 0 Å². The van der Waals surface area contributed by atoms with Crippen molar-refractivity contribution in [1.82, 2.24) is 0 Å². The van der Waals surface area contributed by atoms with Crippen LogP contribution in [-0.2, 0) is 0 Å². The molecule has 0 bridgehead atoms. The van der Waals surface area contributed by atoms with E-state index in [1.54, 1.807) is 0 Å². The van der Waals surface area contributed by atoms with Gasteiger partial charge < -0.3 is 16.2 Å². The van der Waals surface area contributed by atoms with Gasteiger partial charge in [0, 0.05) is 18.2 Å². The second kappa shape index (κ2) is 4.98. The third-order valence-corrected chi connectivity index (χ3v) is 2.12. The van der Waals surface area contributed by atoms with Crippen LogP contribution in [0.4, 0.5) is 0 Å². The topological polar surface area (TPSA) is 61.3 Å². The van der Waals surface area contributed by atoms with E-state index in [1.807, 2.05) is 32.0 Å². The van der Waals surface area contributed by atoms with E-state index < -0.39 is 0 Å². The van der Waals surface area contributed by atoms with Crippen LogP contribution in [-0.4, -0.2) is 13.2 Å². The largest absolute Gasteiger partial charge is 0.494 e. The molecule has 1 unspecified atom stereocenters. The van der Waals surface area contributed by atoms with Crippen molar-refractivity contribution in [3.05, 3.63) is 29.3 Å². The second-order valence-electron chi connectivity index (χ2n) is 3.32. The van der Waals surface area contributed by atoms with Crippen molar-refractivity contribution in [2.75, 3.05) is 13.2 Å². The fourth-order valence-corrected chi connectivity index (χ4v) is 1.36. The number of hydrogen-bond acceptors (Lipinski definition) is 3. The lowest BCUT2D eigenvalue weighted by atomic mass is 10.0. The van der Waals surface area contributed by atoms with Crippen LogP contribution < -0.4 is 16.2 Å². The predicted molar refractivity (Wildman–Crippen MR) is 58.3 cm³/mol. The molecule has 1 atom stereocenters. The molecule has 14 heavy (non-hydrogen) atoms. The highest BCUT2D eigenvalue weighted by atomic mass is 16.5. The smallest absolute Gasteiger partial charge is 0.124 e. The molecule has 78 valence electrons. The van der Waals surface area contributed by atoms with Gasteiger partial charge in [0.1, 0.15) is 5.75 Å². The summed E-state index contributed by atoms with van der Waals surface area (Å²) in [5, 5.41) is 0. The lowest BCUT2D eigenvalue weighted by Crippen LogP contribution is -2.21. The first-order valence-corrected chi connectivity index (χ1v) is 4.88. The summed E-state index contributed by atoms with van der Waals surface area (Å²) in [6, 6.07) is 5.86. The Hall–Kier alpha value is -1.06. The molecule has 0 aromatic heterocycles. The predicted octanol–water partition coefficient (Wildman–Crippen LogP) is 1.35. The highest BCUT2D eigenvalue weighted by Gasteiger charge is 2.10. The summed E-state index contributed by atoms with van der Waals surface area (Å²) in [6.45, 7) is 5.07. The first-order valence-electron chi connectivity index (χ1n) is 4.88. The Balaban J connectivity index is 3.01. The number of benzene rings is 1. The Bertz CT molecular complexity index is 299. The number of aryl methyl sites for hydroxylation is 1. The highest BCUT2D eigenvalue weighted by molar-refractivity contribution is 5.39. The Morgan fingerprint density at radius 1 is 1.43 bits per heavy atom. The molecule has 3 nitrogen and oxygen atoms in total. The molecule has 4 N–H and O–H groups in total. The van der Waals surface area contributed by atoms with Crippen molar-refractivity contribution in [3.8, 4) is 5.75 Å². The zero-order chi connectivity index (χ0) is 10.6. The van der Waals surface area contributed by atoms with Gasteiger partial charge in [0.05, 0.1) is 6.61 Å². The van der Waals surface area contributed by atoms with Crippen LogP contribution in [0.15, 0.2) is 18.2 Å². The summed E-state index contributed by atoms with van der Waals surface area (Å²) >= 11 is 0. The molecular weight excluding hydrogens is 176 g/mol. The molecular formula is C11H18N2O. The zero-order valence-corrected chi connectivity index (χ0v) is 8.79. The average molecular weight is 194 g/mol. The van der Waals surface area contributed by atoms with E-state index in [2.05, 4.69) is 0 Å². The molecule has 0 heterocycles. The van der Waals surface area contributed by atoms with E-state index in [0.717, 1.165) is 11.3 Å². The first-order chi connectivity index (χ1) is 6.69. The lowest BCUT2D eigenvalue weighted by molar-refractivity contribution is 0.334. The molecule has 1 aromatic carbocycles. The maximum absolute atomic E-state index is 5.87. The monoisotopic (exact) mass is 194 g/mol. The molecule has 0 amide bonds. The Labute approximate surface area is 85.0 Å². The van der Waals surface area contributed by atoms with Gasteiger partial charge in [-0.2, -0.15) is 0 Å². The normalized spacial score (nSPS) is 12.6. The molecule has 0 saturated heterocycles. The second-order valence-corrected chi connectivity index (χ2v) is 3.32. The van der Waals surface area contributed by atoms with Crippen LogP contribution in [0.25, 0.3) is 0 Å². The van der Waals surface area contributed by atoms with E-state index in [4.69, 9.17) is 16.2 Å². The Morgan fingerprint density at radius 2 is 2.14 bits per heavy atom. The van der Waals surface area contributed by atoms with Gasteiger partial charge in [-0.1, -0.05) is 12.1 Å². The fraction of sp³-hybridized carbons (Fsp3) is 0.455. The van der Waals surface area contributed by atoms with Gasteiger partial charge in [-0.15, -0.1) is 0 Å². The standard InChI is InChI=1S/C11H18N2O/c1-3-14-11-6-8(2)4-5-9(11)10(13)7-12/h4-6,10H,3,7,12-13H2,1-2H3. The first kappa shape index (κ1) is 11.0. The van der Waals surface area contributed by atoms with E-state index in [1.165, 1.54) is 5.56 Å². The van der Waals surface area contributed by atoms with E-state index in [9.17, 15) is 0 Å². The summed E-state index contributed by atoms with van der Waals surface area (Å²) in [5.41, 5.74) is 13.6. The fourth-order valence-electron chi connectivity index (χ4n) is 1.36. The molecule has 3 heteroatoms. The van der Waals surface area contributed by atoms with Crippen molar-refractivity contribution in [2.45, 2.75) is 19.9 Å². The van der Waals surface area contributed by atoms with Gasteiger partial charge in [0.15, 0.2) is 0 Å². The molecule has 0 fully saturated rings. The van der Waals surface area contributed by atoms with Crippen molar-refractivity contribution in [2.24, 2.45) is 11.5 Å². The van der Waals surface area contributed by atoms with E-state index >= 15 is 0 Å². The molecule has 0 saturated carbocycles. The molecule has 1 aromatic rings. The van der Waals surface area contributed by atoms with Crippen LogP contribution >= 0.6 is 0 Å². The number of rotatable bonds is 4. The number of ether oxygens (including phenoxy) is 1. The minimum absolute atomic E-state index is 0.142. The summed E-state index contributed by atoms with van der Waals surface area (Å²) in [4.78, 5) is 0. The molecule has 0 spiro atoms. The van der Waals surface area contributed by atoms with Gasteiger partial charge in [-0.3, -0.25) is 0 Å². The molecule has 0 radical (unpaired) electrons. The van der Waals surface area contributed by atoms with Crippen molar-refractivity contribution >= 4 is 0 Å². The van der Waals surface area contributed by atoms with Crippen LogP contribution in [0.3, 0.4) is 0 Å². The third-order valence-electron chi connectivity index (χ3n) is 2.12. The van der Waals surface area contributed by atoms with Crippen LogP contribution in [0.5, 0.6) is 5.75 Å². The van der Waals surface area contributed by atoms with Crippen molar-refractivity contribution < 1.29 is 4.74 Å². The summed E-state index contributed by atoms with van der Waals surface area (Å²) in [5.74, 6) is 0.852. The van der Waals surface area contributed by atoms with Crippen LogP contribution in [0.2, 0.25) is 0 Å². The molecule has 0 aliphatic carbocycles. The molecule has 0 aliphatic rings. The highest BCUT2D eigenvalue weighted by Crippen LogP contribution is 2.24. The molecule has 0 aliphatic heterocycles. The van der Waals surface area contributed by atoms with Crippen molar-refractivity contribution in [3.63, 3.8) is 0 Å². The summed E-state index contributed by atoms with van der Waals surface area (Å²) in [7, 11) is 0. The quantitative estimate of drug-likeness (QED) is 0.760. The number of hydrogen-bond donors (Lipinski definition) is 2. The van der Waals surface area contributed by atoms with Crippen LogP contribution in [0.1, 0.15) is 24.1 Å². The van der Waals surface area contributed by atoms with Gasteiger partial charge in [-0.05, 0) is 25.5 Å². The van der Waals surface area contributed by atoms with Gasteiger partial charge in [-0.25, -0.2) is 0 Å². The Kier molecular flexibility index (Phi) is 3.92. The van der Waals surface area contributed by atoms with E-state index in [-0.39, 0.29) is 6.04 Å². The van der Waals surface area contributed by atoms with Gasteiger partial charge in [0.25, 0.3) is 0 Å². The number of nitrogens with two attached hydrogens (primary N) is 2. The summed E-state index contributed by atoms with van der Waals surface area (Å²) in [6.07, 6.45) is 0. The lowest BCUT2D eigenvalue weighted by Gasteiger charge is -2.15.